The van der Waals surface area contributed by atoms with Crippen molar-refractivity contribution in [2.45, 2.75) is 26.1 Å². The second-order valence-corrected chi connectivity index (χ2v) is 5.86. The molecule has 0 aliphatic carbocycles. The molecule has 0 aromatic heterocycles. The van der Waals surface area contributed by atoms with Crippen LogP contribution in [0.25, 0.3) is 0 Å². The van der Waals surface area contributed by atoms with Crippen molar-refractivity contribution in [2.75, 3.05) is 10.6 Å². The van der Waals surface area contributed by atoms with E-state index in [2.05, 4.69) is 16.0 Å². The number of urea groups is 1. The van der Waals surface area contributed by atoms with Crippen LogP contribution in [-0.4, -0.2) is 18.0 Å². The molecule has 0 saturated carbocycles. The highest BCUT2D eigenvalue weighted by Gasteiger charge is 2.30. The first-order valence-corrected chi connectivity index (χ1v) is 7.81. The summed E-state index contributed by atoms with van der Waals surface area (Å²) in [5.41, 5.74) is 0.279. The van der Waals surface area contributed by atoms with E-state index in [0.717, 1.165) is 24.3 Å². The van der Waals surface area contributed by atoms with Crippen LogP contribution in [0.15, 0.2) is 48.5 Å². The van der Waals surface area contributed by atoms with Crippen molar-refractivity contribution in [3.05, 3.63) is 59.7 Å². The van der Waals surface area contributed by atoms with E-state index < -0.39 is 17.6 Å². The van der Waals surface area contributed by atoms with Crippen molar-refractivity contribution in [1.82, 2.24) is 5.32 Å². The van der Waals surface area contributed by atoms with Gasteiger partial charge in [-0.25, -0.2) is 4.79 Å². The van der Waals surface area contributed by atoms with Crippen molar-refractivity contribution in [3.8, 4) is 0 Å². The molecule has 2 rings (SSSR count). The number of anilines is 2. The third kappa shape index (κ3) is 5.51. The Hall–Kier alpha value is -3.03. The zero-order valence-corrected chi connectivity index (χ0v) is 14.1. The molecule has 3 N–H and O–H groups in total. The molecule has 0 aliphatic rings. The van der Waals surface area contributed by atoms with Gasteiger partial charge in [0, 0.05) is 23.0 Å². The Morgan fingerprint density at radius 3 is 1.81 bits per heavy atom. The molecule has 0 atom stereocenters. The molecule has 0 spiro atoms. The molecule has 0 aliphatic heterocycles. The Kier molecular flexibility index (Phi) is 5.86. The minimum atomic E-state index is -4.44. The van der Waals surface area contributed by atoms with Gasteiger partial charge in [-0.3, -0.25) is 4.79 Å². The molecule has 0 radical (unpaired) electrons. The molecule has 0 saturated heterocycles. The average Bonchev–Trinajstić information content (AvgIpc) is 2.55. The topological polar surface area (TPSA) is 70.2 Å². The smallest absolute Gasteiger partial charge is 0.336 e. The number of hydrogen-bond acceptors (Lipinski definition) is 2. The maximum Gasteiger partial charge on any atom is 0.416 e. The standard InChI is InChI=1S/C18H18F3N3O2/c1-11(2)22-17(26)24-15-9-7-14(8-10-15)23-16(25)12-3-5-13(6-4-12)18(19,20)21/h3-11H,1-2H3,(H,23,25)(H2,22,24,26). The molecule has 5 nitrogen and oxygen atoms in total. The van der Waals surface area contributed by atoms with Crippen LogP contribution < -0.4 is 16.0 Å². The summed E-state index contributed by atoms with van der Waals surface area (Å²) in [5, 5.41) is 7.89. The zero-order valence-electron chi connectivity index (χ0n) is 14.1. The molecule has 3 amide bonds. The number of rotatable bonds is 4. The molecular formula is C18H18F3N3O2. The van der Waals surface area contributed by atoms with Gasteiger partial charge in [0.1, 0.15) is 0 Å². The van der Waals surface area contributed by atoms with E-state index in [1.807, 2.05) is 13.8 Å². The summed E-state index contributed by atoms with van der Waals surface area (Å²) in [4.78, 5) is 23.7. The van der Waals surface area contributed by atoms with Crippen LogP contribution >= 0.6 is 0 Å². The quantitative estimate of drug-likeness (QED) is 0.747. The van der Waals surface area contributed by atoms with Gasteiger partial charge in [0.2, 0.25) is 0 Å². The SMILES string of the molecule is CC(C)NC(=O)Nc1ccc(NC(=O)c2ccc(C(F)(F)F)cc2)cc1. The van der Waals surface area contributed by atoms with Crippen LogP contribution in [0, 0.1) is 0 Å². The largest absolute Gasteiger partial charge is 0.416 e. The van der Waals surface area contributed by atoms with Crippen molar-refractivity contribution in [1.29, 1.82) is 0 Å². The van der Waals surface area contributed by atoms with Crippen LogP contribution in [0.2, 0.25) is 0 Å². The maximum atomic E-state index is 12.5. The summed E-state index contributed by atoms with van der Waals surface area (Å²) < 4.78 is 37.6. The molecule has 2 aromatic rings. The van der Waals surface area contributed by atoms with E-state index in [1.165, 1.54) is 0 Å². The molecule has 26 heavy (non-hydrogen) atoms. The highest BCUT2D eigenvalue weighted by molar-refractivity contribution is 6.04. The first-order valence-electron chi connectivity index (χ1n) is 7.81. The first kappa shape index (κ1) is 19.3. The Balaban J connectivity index is 1.98. The molecule has 0 bridgehead atoms. The van der Waals surface area contributed by atoms with Gasteiger partial charge in [-0.2, -0.15) is 13.2 Å². The molecule has 0 unspecified atom stereocenters. The average molecular weight is 365 g/mol. The fourth-order valence-electron chi connectivity index (χ4n) is 2.08. The van der Waals surface area contributed by atoms with E-state index >= 15 is 0 Å². The van der Waals surface area contributed by atoms with Gasteiger partial charge in [0.25, 0.3) is 5.91 Å². The summed E-state index contributed by atoms with van der Waals surface area (Å²) in [6.07, 6.45) is -4.44. The van der Waals surface area contributed by atoms with Crippen LogP contribution in [0.1, 0.15) is 29.8 Å². The fraction of sp³-hybridized carbons (Fsp3) is 0.222. The zero-order chi connectivity index (χ0) is 19.3. The van der Waals surface area contributed by atoms with Crippen LogP contribution in [0.3, 0.4) is 0 Å². The first-order chi connectivity index (χ1) is 12.1. The second kappa shape index (κ2) is 7.90. The number of carbonyl (C=O) groups is 2. The predicted molar refractivity (Wildman–Crippen MR) is 93.1 cm³/mol. The van der Waals surface area contributed by atoms with Gasteiger partial charge in [-0.1, -0.05) is 0 Å². The Bertz CT molecular complexity index is 770. The summed E-state index contributed by atoms with van der Waals surface area (Å²) in [5.74, 6) is -0.531. The number of halogens is 3. The number of hydrogen-bond donors (Lipinski definition) is 3. The second-order valence-electron chi connectivity index (χ2n) is 5.86. The lowest BCUT2D eigenvalue weighted by Crippen LogP contribution is -2.34. The third-order valence-corrected chi connectivity index (χ3v) is 3.29. The van der Waals surface area contributed by atoms with E-state index in [-0.39, 0.29) is 17.6 Å². The fourth-order valence-corrected chi connectivity index (χ4v) is 2.08. The number of alkyl halides is 3. The lowest BCUT2D eigenvalue weighted by Gasteiger charge is -2.11. The van der Waals surface area contributed by atoms with Gasteiger partial charge >= 0.3 is 12.2 Å². The summed E-state index contributed by atoms with van der Waals surface area (Å²) in [7, 11) is 0. The molecule has 8 heteroatoms. The number of carbonyl (C=O) groups excluding carboxylic acids is 2. The van der Waals surface area contributed by atoms with Crippen LogP contribution in [-0.2, 0) is 6.18 Å². The molecule has 0 heterocycles. The maximum absolute atomic E-state index is 12.5. The van der Waals surface area contributed by atoms with Crippen molar-refractivity contribution < 1.29 is 22.8 Å². The van der Waals surface area contributed by atoms with Gasteiger partial charge in [0.05, 0.1) is 5.56 Å². The minimum Gasteiger partial charge on any atom is -0.336 e. The Morgan fingerprint density at radius 1 is 0.846 bits per heavy atom. The summed E-state index contributed by atoms with van der Waals surface area (Å²) in [6, 6.07) is 9.95. The summed E-state index contributed by atoms with van der Waals surface area (Å²) in [6.45, 7) is 3.67. The lowest BCUT2D eigenvalue weighted by atomic mass is 10.1. The van der Waals surface area contributed by atoms with Crippen molar-refractivity contribution in [3.63, 3.8) is 0 Å². The lowest BCUT2D eigenvalue weighted by molar-refractivity contribution is -0.137. The Morgan fingerprint density at radius 2 is 1.35 bits per heavy atom. The predicted octanol–water partition coefficient (Wildman–Crippen LogP) is 4.49. The van der Waals surface area contributed by atoms with Crippen molar-refractivity contribution >= 4 is 23.3 Å². The number of amides is 3. The van der Waals surface area contributed by atoms with Gasteiger partial charge in [-0.15, -0.1) is 0 Å². The number of benzene rings is 2. The van der Waals surface area contributed by atoms with Crippen molar-refractivity contribution in [2.24, 2.45) is 0 Å². The monoisotopic (exact) mass is 365 g/mol. The minimum absolute atomic E-state index is 0.00250. The van der Waals surface area contributed by atoms with E-state index in [9.17, 15) is 22.8 Å². The Labute approximate surface area is 148 Å². The van der Waals surface area contributed by atoms with Crippen LogP contribution in [0.4, 0.5) is 29.3 Å². The van der Waals surface area contributed by atoms with E-state index in [4.69, 9.17) is 0 Å². The van der Waals surface area contributed by atoms with Gasteiger partial charge < -0.3 is 16.0 Å². The molecule has 0 fully saturated rings. The highest BCUT2D eigenvalue weighted by Crippen LogP contribution is 2.29. The molecular weight excluding hydrogens is 347 g/mol. The van der Waals surface area contributed by atoms with E-state index in [1.54, 1.807) is 24.3 Å². The third-order valence-electron chi connectivity index (χ3n) is 3.29. The van der Waals surface area contributed by atoms with Gasteiger partial charge in [0.15, 0.2) is 0 Å². The van der Waals surface area contributed by atoms with E-state index in [0.29, 0.717) is 11.4 Å². The summed E-state index contributed by atoms with van der Waals surface area (Å²) >= 11 is 0. The number of nitrogens with one attached hydrogen (secondary N) is 3. The normalized spacial score (nSPS) is 11.2. The van der Waals surface area contributed by atoms with Gasteiger partial charge in [-0.05, 0) is 62.4 Å². The van der Waals surface area contributed by atoms with Crippen LogP contribution in [0.5, 0.6) is 0 Å². The molecule has 2 aromatic carbocycles. The molecule has 138 valence electrons. The highest BCUT2D eigenvalue weighted by atomic mass is 19.4.